The largest absolute Gasteiger partial charge is 0.510 e. The van der Waals surface area contributed by atoms with Crippen molar-refractivity contribution in [3.8, 4) is 34.4 Å². The van der Waals surface area contributed by atoms with Gasteiger partial charge in [-0.15, -0.1) is 29.7 Å². The third-order valence-corrected chi connectivity index (χ3v) is 11.1. The Balaban J connectivity index is 0.00000420. The first kappa shape index (κ1) is 36.6. The van der Waals surface area contributed by atoms with E-state index in [2.05, 4.69) is 197 Å². The summed E-state index contributed by atoms with van der Waals surface area (Å²) in [5.74, 6) is 2.02. The van der Waals surface area contributed by atoms with Gasteiger partial charge in [0.15, 0.2) is 0 Å². The van der Waals surface area contributed by atoms with Gasteiger partial charge >= 0.3 is 0 Å². The fourth-order valence-electron chi connectivity index (χ4n) is 8.38. The summed E-state index contributed by atoms with van der Waals surface area (Å²) in [6, 6.07) is 64.0. The van der Waals surface area contributed by atoms with Gasteiger partial charge in [0.2, 0.25) is 0 Å². The van der Waals surface area contributed by atoms with Crippen molar-refractivity contribution < 1.29 is 30.4 Å². The van der Waals surface area contributed by atoms with Crippen molar-refractivity contribution in [2.24, 2.45) is 0 Å². The first-order valence-electron chi connectivity index (χ1n) is 19.6. The van der Waals surface area contributed by atoms with Crippen LogP contribution in [-0.4, -0.2) is 18.7 Å². The number of benzene rings is 7. The summed E-state index contributed by atoms with van der Waals surface area (Å²) in [6.45, 7) is 6.67. The summed E-state index contributed by atoms with van der Waals surface area (Å²) < 4.78 is 15.4. The van der Waals surface area contributed by atoms with E-state index in [0.717, 1.165) is 72.1 Å². The predicted molar refractivity (Wildman–Crippen MR) is 233 cm³/mol. The van der Waals surface area contributed by atoms with E-state index in [-0.39, 0.29) is 26.5 Å². The fraction of sp³-hybridized carbons (Fsp3) is 0.0769. The number of para-hydroxylation sites is 5. The van der Waals surface area contributed by atoms with Crippen LogP contribution in [0.25, 0.3) is 77.5 Å². The Morgan fingerprint density at radius 2 is 1.25 bits per heavy atom. The van der Waals surface area contributed by atoms with Gasteiger partial charge in [-0.05, 0) is 70.6 Å². The Morgan fingerprint density at radius 3 is 2.07 bits per heavy atom. The third kappa shape index (κ3) is 6.06. The molecule has 0 amide bonds. The number of imidazole rings is 1. The maximum atomic E-state index is 6.59. The van der Waals surface area contributed by atoms with Crippen LogP contribution in [0.4, 0.5) is 0 Å². The molecular weight excluding hydrogens is 906 g/mol. The zero-order chi connectivity index (χ0) is 39.0. The Hall–Kier alpha value is -6.75. The standard InChI is InChI=1S/C52H37N5O.Pt/c1-52(2,3)35-29-30-53-50(31-35)57-43-21-9-7-19-40(43)41-28-27-39(33-49(41)57)58-38-18-13-17-37(32-38)54-34-55(46-24-12-11-23-45(46)54)47-25-14-26-48-51(47)42-20-8-10-22-44(42)56(48)36-15-5-4-6-16-36;/h4-31H,1-3H3;/q-2;. The molecule has 0 N–H and O–H groups in total. The molecule has 0 aliphatic rings. The number of fused-ring (bicyclic) bond motifs is 7. The van der Waals surface area contributed by atoms with Gasteiger partial charge in [-0.1, -0.05) is 111 Å². The molecule has 0 radical (unpaired) electrons. The number of hydrogen-bond acceptors (Lipinski definition) is 2. The van der Waals surface area contributed by atoms with Crippen LogP contribution in [0, 0.1) is 18.5 Å². The van der Waals surface area contributed by atoms with Crippen LogP contribution in [0.15, 0.2) is 170 Å². The quantitative estimate of drug-likeness (QED) is 0.123. The molecule has 0 fully saturated rings. The monoisotopic (exact) mass is 942 g/mol. The summed E-state index contributed by atoms with van der Waals surface area (Å²) in [5, 5.41) is 4.57. The van der Waals surface area contributed by atoms with E-state index in [9.17, 15) is 0 Å². The minimum absolute atomic E-state index is 0. The van der Waals surface area contributed by atoms with Crippen LogP contribution in [-0.2, 0) is 26.5 Å². The van der Waals surface area contributed by atoms with Crippen molar-refractivity contribution in [2.45, 2.75) is 26.2 Å². The van der Waals surface area contributed by atoms with Gasteiger partial charge < -0.3 is 18.4 Å². The molecule has 11 rings (SSSR count). The van der Waals surface area contributed by atoms with Gasteiger partial charge in [0.1, 0.15) is 5.82 Å². The summed E-state index contributed by atoms with van der Waals surface area (Å²) in [6.07, 6.45) is 5.61. The van der Waals surface area contributed by atoms with Crippen LogP contribution >= 0.6 is 0 Å². The van der Waals surface area contributed by atoms with Gasteiger partial charge in [-0.2, -0.15) is 18.2 Å². The molecule has 0 saturated carbocycles. The van der Waals surface area contributed by atoms with Crippen molar-refractivity contribution in [1.29, 1.82) is 0 Å². The third-order valence-electron chi connectivity index (χ3n) is 11.1. The van der Waals surface area contributed by atoms with E-state index in [4.69, 9.17) is 9.72 Å². The van der Waals surface area contributed by atoms with Gasteiger partial charge in [-0.25, -0.2) is 4.98 Å². The zero-order valence-electron chi connectivity index (χ0n) is 32.6. The molecule has 6 nitrogen and oxygen atoms in total. The van der Waals surface area contributed by atoms with E-state index >= 15 is 0 Å². The van der Waals surface area contributed by atoms with Crippen molar-refractivity contribution in [3.63, 3.8) is 0 Å². The topological polar surface area (TPSA) is 40.8 Å². The molecule has 0 bridgehead atoms. The van der Waals surface area contributed by atoms with E-state index in [1.165, 1.54) is 10.9 Å². The number of aromatic nitrogens is 5. The number of nitrogens with zero attached hydrogens (tertiary/aromatic N) is 5. The van der Waals surface area contributed by atoms with Gasteiger partial charge in [0.05, 0.1) is 27.8 Å². The molecule has 0 saturated heterocycles. The Bertz CT molecular complexity index is 3370. The number of hydrogen-bond donors (Lipinski definition) is 0. The molecule has 0 spiro atoms. The second-order valence-electron chi connectivity index (χ2n) is 15.7. The molecule has 11 aromatic rings. The minimum Gasteiger partial charge on any atom is -0.510 e. The average Bonchev–Trinajstić information content (AvgIpc) is 3.92. The molecule has 0 aliphatic heterocycles. The molecule has 4 aromatic heterocycles. The van der Waals surface area contributed by atoms with Crippen LogP contribution in [0.3, 0.4) is 0 Å². The van der Waals surface area contributed by atoms with Gasteiger partial charge in [0, 0.05) is 60.7 Å². The molecular formula is C52H37N5OPt-2. The number of pyridine rings is 1. The first-order chi connectivity index (χ1) is 28.4. The Labute approximate surface area is 356 Å². The smallest absolute Gasteiger partial charge is 0.268 e. The number of ether oxygens (including phenoxy) is 1. The van der Waals surface area contributed by atoms with Crippen molar-refractivity contribution in [2.75, 3.05) is 0 Å². The van der Waals surface area contributed by atoms with E-state index < -0.39 is 0 Å². The summed E-state index contributed by atoms with van der Waals surface area (Å²) in [4.78, 5) is 4.84. The SMILES string of the molecule is CC(C)(C)c1ccnc(-n2c3[c-]c(Oc4[c-]c(-n5[c-][n+](-c6cccc7c6c6ccccc6n7-c6ccccc6)c6ccccc65)ccc4)ccc3c3ccccc32)c1.[Pt]. The maximum absolute atomic E-state index is 6.59. The maximum Gasteiger partial charge on any atom is 0.268 e. The van der Waals surface area contributed by atoms with E-state index in [0.29, 0.717) is 11.5 Å². The van der Waals surface area contributed by atoms with E-state index in [1.807, 2.05) is 30.5 Å². The van der Waals surface area contributed by atoms with E-state index in [1.54, 1.807) is 0 Å². The molecule has 0 unspecified atom stereocenters. The zero-order valence-corrected chi connectivity index (χ0v) is 34.9. The fourth-order valence-corrected chi connectivity index (χ4v) is 8.38. The Kier molecular flexibility index (Phi) is 8.84. The minimum atomic E-state index is -0.0207. The first-order valence-corrected chi connectivity index (χ1v) is 19.6. The van der Waals surface area contributed by atoms with Crippen LogP contribution < -0.4 is 9.30 Å². The van der Waals surface area contributed by atoms with Crippen LogP contribution in [0.2, 0.25) is 0 Å². The Morgan fingerprint density at radius 1 is 0.576 bits per heavy atom. The van der Waals surface area contributed by atoms with Crippen molar-refractivity contribution >= 4 is 54.6 Å². The van der Waals surface area contributed by atoms with Crippen LogP contribution in [0.5, 0.6) is 11.5 Å². The second kappa shape index (κ2) is 14.3. The number of rotatable bonds is 6. The molecule has 7 heteroatoms. The molecule has 4 heterocycles. The predicted octanol–water partition coefficient (Wildman–Crippen LogP) is 12.0. The summed E-state index contributed by atoms with van der Waals surface area (Å²) in [5.41, 5.74) is 10.5. The van der Waals surface area contributed by atoms with Crippen molar-refractivity contribution in [3.05, 3.63) is 194 Å². The molecule has 59 heavy (non-hydrogen) atoms. The van der Waals surface area contributed by atoms with Crippen LogP contribution in [0.1, 0.15) is 26.3 Å². The molecule has 7 aromatic carbocycles. The summed E-state index contributed by atoms with van der Waals surface area (Å²) in [7, 11) is 0. The molecule has 288 valence electrons. The van der Waals surface area contributed by atoms with Gasteiger partial charge in [0.25, 0.3) is 6.33 Å². The average molecular weight is 943 g/mol. The molecule has 0 atom stereocenters. The van der Waals surface area contributed by atoms with Gasteiger partial charge in [-0.3, -0.25) is 4.57 Å². The summed E-state index contributed by atoms with van der Waals surface area (Å²) >= 11 is 0. The molecule has 0 aliphatic carbocycles. The van der Waals surface area contributed by atoms with Crippen molar-refractivity contribution in [1.82, 2.24) is 18.7 Å². The second-order valence-corrected chi connectivity index (χ2v) is 15.7. The normalized spacial score (nSPS) is 11.8.